The van der Waals surface area contributed by atoms with Crippen LogP contribution in [0.2, 0.25) is 0 Å². The molecule has 1 aliphatic rings. The average molecular weight is 274 g/mol. The smallest absolute Gasteiger partial charge is 0.258 e. The van der Waals surface area contributed by atoms with E-state index in [4.69, 9.17) is 5.73 Å². The van der Waals surface area contributed by atoms with E-state index >= 15 is 0 Å². The Kier molecular flexibility index (Phi) is 3.02. The lowest BCUT2D eigenvalue weighted by Crippen LogP contribution is -2.14. The summed E-state index contributed by atoms with van der Waals surface area (Å²) in [6, 6.07) is 4.71. The Morgan fingerprint density at radius 1 is 1.55 bits per heavy atom. The minimum Gasteiger partial charge on any atom is -0.327 e. The zero-order valence-electron chi connectivity index (χ0n) is 11.0. The average Bonchev–Trinajstić information content (AvgIpc) is 2.99. The molecular formula is C14H15FN4O. The molecule has 2 unspecified atom stereocenters. The highest BCUT2D eigenvalue weighted by atomic mass is 19.1. The molecule has 1 heterocycles. The molecule has 0 spiro atoms. The molecule has 1 aliphatic carbocycles. The predicted octanol–water partition coefficient (Wildman–Crippen LogP) is 1.63. The molecule has 1 saturated carbocycles. The second kappa shape index (κ2) is 4.72. The van der Waals surface area contributed by atoms with Crippen LogP contribution < -0.4 is 11.1 Å². The van der Waals surface area contributed by atoms with Gasteiger partial charge in [0.2, 0.25) is 0 Å². The molecule has 2 aromatic rings. The van der Waals surface area contributed by atoms with Gasteiger partial charge in [-0.25, -0.2) is 4.39 Å². The van der Waals surface area contributed by atoms with Crippen LogP contribution in [-0.2, 0) is 7.05 Å². The topological polar surface area (TPSA) is 72.9 Å². The Balaban J connectivity index is 1.83. The van der Waals surface area contributed by atoms with E-state index in [1.54, 1.807) is 30.1 Å². The van der Waals surface area contributed by atoms with Crippen molar-refractivity contribution in [2.24, 2.45) is 12.8 Å². The number of benzene rings is 1. The first-order valence-corrected chi connectivity index (χ1v) is 6.39. The molecule has 0 radical (unpaired) electrons. The molecule has 6 heteroatoms. The van der Waals surface area contributed by atoms with Gasteiger partial charge in [0.15, 0.2) is 0 Å². The third kappa shape index (κ3) is 2.42. The highest BCUT2D eigenvalue weighted by molar-refractivity contribution is 6.04. The van der Waals surface area contributed by atoms with E-state index in [1.807, 2.05) is 0 Å². The van der Waals surface area contributed by atoms with Gasteiger partial charge in [-0.2, -0.15) is 5.10 Å². The lowest BCUT2D eigenvalue weighted by Gasteiger charge is -2.06. The number of hydrogen-bond donors (Lipinski definition) is 2. The number of amides is 1. The molecule has 3 rings (SSSR count). The van der Waals surface area contributed by atoms with Gasteiger partial charge in [-0.3, -0.25) is 9.48 Å². The van der Waals surface area contributed by atoms with E-state index in [0.717, 1.165) is 12.0 Å². The van der Waals surface area contributed by atoms with Crippen molar-refractivity contribution in [1.82, 2.24) is 9.78 Å². The predicted molar refractivity (Wildman–Crippen MR) is 72.9 cm³/mol. The van der Waals surface area contributed by atoms with Crippen molar-refractivity contribution >= 4 is 11.6 Å². The van der Waals surface area contributed by atoms with E-state index in [2.05, 4.69) is 10.4 Å². The molecule has 1 aromatic heterocycles. The van der Waals surface area contributed by atoms with Crippen LogP contribution in [0.1, 0.15) is 28.3 Å². The van der Waals surface area contributed by atoms with E-state index < -0.39 is 11.7 Å². The molecule has 5 nitrogen and oxygen atoms in total. The zero-order valence-corrected chi connectivity index (χ0v) is 11.0. The summed E-state index contributed by atoms with van der Waals surface area (Å²) in [5, 5.41) is 6.57. The molecule has 1 amide bonds. The normalized spacial score (nSPS) is 20.8. The first-order chi connectivity index (χ1) is 9.54. The summed E-state index contributed by atoms with van der Waals surface area (Å²) in [5.74, 6) is -0.781. The quantitative estimate of drug-likeness (QED) is 0.893. The highest BCUT2D eigenvalue weighted by Gasteiger charge is 2.35. The number of nitrogens with one attached hydrogen (secondary N) is 1. The van der Waals surface area contributed by atoms with E-state index in [9.17, 15) is 9.18 Å². The summed E-state index contributed by atoms with van der Waals surface area (Å²) in [6.45, 7) is 0. The van der Waals surface area contributed by atoms with Crippen LogP contribution in [0.4, 0.5) is 10.1 Å². The van der Waals surface area contributed by atoms with Crippen LogP contribution in [0.25, 0.3) is 0 Å². The van der Waals surface area contributed by atoms with Gasteiger partial charge >= 0.3 is 0 Å². The van der Waals surface area contributed by atoms with Crippen molar-refractivity contribution in [1.29, 1.82) is 0 Å². The maximum absolute atomic E-state index is 13.8. The molecule has 0 bridgehead atoms. The van der Waals surface area contributed by atoms with Crippen molar-refractivity contribution in [2.45, 2.75) is 18.4 Å². The summed E-state index contributed by atoms with van der Waals surface area (Å²) < 4.78 is 15.4. The molecule has 3 N–H and O–H groups in total. The van der Waals surface area contributed by atoms with Gasteiger partial charge in [0.05, 0.1) is 17.4 Å². The minimum atomic E-state index is -0.538. The standard InChI is InChI=1S/C14H15FN4O/c1-19-7-9(6-17-19)18-14(20)11-4-8(2-3-12(11)15)10-5-13(10)16/h2-4,6-7,10,13H,5,16H2,1H3,(H,18,20). The Bertz CT molecular complexity index is 667. The molecule has 0 aliphatic heterocycles. The third-order valence-corrected chi connectivity index (χ3v) is 3.47. The molecule has 104 valence electrons. The lowest BCUT2D eigenvalue weighted by atomic mass is 10.1. The van der Waals surface area contributed by atoms with Crippen molar-refractivity contribution in [3.8, 4) is 0 Å². The van der Waals surface area contributed by atoms with Crippen LogP contribution in [0.15, 0.2) is 30.6 Å². The van der Waals surface area contributed by atoms with Gasteiger partial charge in [0.1, 0.15) is 5.82 Å². The Morgan fingerprint density at radius 3 is 2.90 bits per heavy atom. The molecule has 20 heavy (non-hydrogen) atoms. The molecular weight excluding hydrogens is 259 g/mol. The SMILES string of the molecule is Cn1cc(NC(=O)c2cc(C3CC3N)ccc2F)cn1. The number of aromatic nitrogens is 2. The van der Waals surface area contributed by atoms with Crippen molar-refractivity contribution in [2.75, 3.05) is 5.32 Å². The summed E-state index contributed by atoms with van der Waals surface area (Å²) in [6.07, 6.45) is 4.04. The van der Waals surface area contributed by atoms with Crippen LogP contribution in [0.5, 0.6) is 0 Å². The number of aryl methyl sites for hydroxylation is 1. The Morgan fingerprint density at radius 2 is 2.30 bits per heavy atom. The fourth-order valence-corrected chi connectivity index (χ4v) is 2.23. The van der Waals surface area contributed by atoms with Gasteiger partial charge in [0.25, 0.3) is 5.91 Å². The molecule has 1 aromatic carbocycles. The fourth-order valence-electron chi connectivity index (χ4n) is 2.23. The molecule has 1 fully saturated rings. The first-order valence-electron chi connectivity index (χ1n) is 6.39. The van der Waals surface area contributed by atoms with Crippen LogP contribution in [0, 0.1) is 5.82 Å². The van der Waals surface area contributed by atoms with Crippen LogP contribution >= 0.6 is 0 Å². The first kappa shape index (κ1) is 12.8. The number of nitrogens with two attached hydrogens (primary N) is 1. The fraction of sp³-hybridized carbons (Fsp3) is 0.286. The third-order valence-electron chi connectivity index (χ3n) is 3.47. The lowest BCUT2D eigenvalue weighted by molar-refractivity contribution is 0.102. The number of hydrogen-bond acceptors (Lipinski definition) is 3. The largest absolute Gasteiger partial charge is 0.327 e. The van der Waals surface area contributed by atoms with Gasteiger partial charge in [-0.1, -0.05) is 6.07 Å². The maximum Gasteiger partial charge on any atom is 0.258 e. The Hall–Kier alpha value is -2.21. The van der Waals surface area contributed by atoms with Gasteiger partial charge in [-0.05, 0) is 24.1 Å². The zero-order chi connectivity index (χ0) is 14.3. The van der Waals surface area contributed by atoms with Crippen LogP contribution in [0.3, 0.4) is 0 Å². The van der Waals surface area contributed by atoms with Gasteiger partial charge in [0, 0.05) is 25.2 Å². The minimum absolute atomic E-state index is 0.0328. The number of carbonyl (C=O) groups is 1. The maximum atomic E-state index is 13.8. The Labute approximate surface area is 115 Å². The molecule has 0 saturated heterocycles. The van der Waals surface area contributed by atoms with Crippen molar-refractivity contribution in [3.63, 3.8) is 0 Å². The van der Waals surface area contributed by atoms with Gasteiger partial charge in [-0.15, -0.1) is 0 Å². The number of nitrogens with zero attached hydrogens (tertiary/aromatic N) is 2. The number of carbonyl (C=O) groups excluding carboxylic acids is 1. The highest BCUT2D eigenvalue weighted by Crippen LogP contribution is 2.39. The summed E-state index contributed by atoms with van der Waals surface area (Å²) in [4.78, 5) is 12.1. The number of rotatable bonds is 3. The second-order valence-electron chi connectivity index (χ2n) is 5.10. The monoisotopic (exact) mass is 274 g/mol. The summed E-state index contributed by atoms with van der Waals surface area (Å²) in [7, 11) is 1.74. The van der Waals surface area contributed by atoms with Gasteiger partial charge < -0.3 is 11.1 Å². The second-order valence-corrected chi connectivity index (χ2v) is 5.10. The summed E-state index contributed by atoms with van der Waals surface area (Å²) >= 11 is 0. The van der Waals surface area contributed by atoms with E-state index in [-0.39, 0.29) is 17.5 Å². The summed E-state index contributed by atoms with van der Waals surface area (Å²) in [5.41, 5.74) is 7.26. The molecule has 2 atom stereocenters. The van der Waals surface area contributed by atoms with E-state index in [0.29, 0.717) is 5.69 Å². The number of halogens is 1. The van der Waals surface area contributed by atoms with Crippen molar-refractivity contribution < 1.29 is 9.18 Å². The number of anilines is 1. The van der Waals surface area contributed by atoms with Crippen LogP contribution in [-0.4, -0.2) is 21.7 Å². The van der Waals surface area contributed by atoms with E-state index in [1.165, 1.54) is 12.3 Å². The van der Waals surface area contributed by atoms with Crippen molar-refractivity contribution in [3.05, 3.63) is 47.5 Å².